The Balaban J connectivity index is 1.57. The summed E-state index contributed by atoms with van der Waals surface area (Å²) in [5.41, 5.74) is 3.08. The van der Waals surface area contributed by atoms with Crippen molar-refractivity contribution in [3.05, 3.63) is 83.0 Å². The Labute approximate surface area is 187 Å². The standard InChI is InChI=1S/C24H26ClN3O3/c1-2-3-22(15-19-14-20(25)6-9-23(19)29)26-16-24(30)27-21-7-4-18(5-8-21)17-28-10-12-31-13-11-28/h2-9,14,16,29H,1,10-13,15,17H2,(H,27,30)/b22-3-,26-16?. The zero-order valence-corrected chi connectivity index (χ0v) is 18.0. The maximum Gasteiger partial charge on any atom is 0.266 e. The largest absolute Gasteiger partial charge is 0.508 e. The van der Waals surface area contributed by atoms with Gasteiger partial charge in [0, 0.05) is 48.0 Å². The van der Waals surface area contributed by atoms with E-state index in [1.165, 1.54) is 17.8 Å². The molecule has 0 unspecified atom stereocenters. The Morgan fingerprint density at radius 1 is 1.23 bits per heavy atom. The summed E-state index contributed by atoms with van der Waals surface area (Å²) in [4.78, 5) is 18.9. The van der Waals surface area contributed by atoms with Crippen LogP contribution >= 0.6 is 11.6 Å². The number of anilines is 1. The van der Waals surface area contributed by atoms with Gasteiger partial charge in [-0.1, -0.05) is 36.4 Å². The summed E-state index contributed by atoms with van der Waals surface area (Å²) in [5, 5.41) is 13.3. The summed E-state index contributed by atoms with van der Waals surface area (Å²) < 4.78 is 5.37. The van der Waals surface area contributed by atoms with Crippen LogP contribution in [0.4, 0.5) is 5.69 Å². The van der Waals surface area contributed by atoms with Crippen molar-refractivity contribution in [2.75, 3.05) is 31.6 Å². The highest BCUT2D eigenvalue weighted by atomic mass is 35.5. The summed E-state index contributed by atoms with van der Waals surface area (Å²) in [5.74, 6) is -0.220. The predicted octanol–water partition coefficient (Wildman–Crippen LogP) is 4.20. The minimum Gasteiger partial charge on any atom is -0.508 e. The molecule has 1 saturated heterocycles. The number of hydrogen-bond donors (Lipinski definition) is 2. The fraction of sp³-hybridized carbons (Fsp3) is 0.250. The van der Waals surface area contributed by atoms with E-state index in [9.17, 15) is 9.90 Å². The van der Waals surface area contributed by atoms with Crippen molar-refractivity contribution >= 4 is 29.4 Å². The maximum atomic E-state index is 12.3. The molecule has 0 atom stereocenters. The van der Waals surface area contributed by atoms with Crippen LogP contribution in [0.5, 0.6) is 5.75 Å². The smallest absolute Gasteiger partial charge is 0.266 e. The third kappa shape index (κ3) is 7.36. The van der Waals surface area contributed by atoms with Gasteiger partial charge >= 0.3 is 0 Å². The van der Waals surface area contributed by atoms with Gasteiger partial charge in [0.05, 0.1) is 19.4 Å². The van der Waals surface area contributed by atoms with E-state index in [0.29, 0.717) is 28.4 Å². The van der Waals surface area contributed by atoms with Crippen LogP contribution < -0.4 is 5.32 Å². The van der Waals surface area contributed by atoms with Gasteiger partial charge in [0.2, 0.25) is 0 Å². The van der Waals surface area contributed by atoms with Crippen LogP contribution in [0, 0.1) is 0 Å². The molecule has 0 radical (unpaired) electrons. The van der Waals surface area contributed by atoms with E-state index in [4.69, 9.17) is 16.3 Å². The van der Waals surface area contributed by atoms with Gasteiger partial charge in [-0.25, -0.2) is 0 Å². The Hall–Kier alpha value is -2.93. The van der Waals surface area contributed by atoms with E-state index in [-0.39, 0.29) is 11.7 Å². The number of morpholine rings is 1. The lowest BCUT2D eigenvalue weighted by Crippen LogP contribution is -2.35. The molecule has 0 aliphatic carbocycles. The number of hydrogen-bond acceptors (Lipinski definition) is 5. The molecule has 0 bridgehead atoms. The molecule has 2 N–H and O–H groups in total. The molecule has 3 rings (SSSR count). The minimum absolute atomic E-state index is 0.121. The highest BCUT2D eigenvalue weighted by molar-refractivity contribution is 6.32. The first-order valence-corrected chi connectivity index (χ1v) is 10.4. The number of rotatable bonds is 8. The van der Waals surface area contributed by atoms with Gasteiger partial charge in [-0.3, -0.25) is 14.7 Å². The molecule has 2 aromatic rings. The lowest BCUT2D eigenvalue weighted by atomic mass is 10.1. The number of nitrogens with zero attached hydrogens (tertiary/aromatic N) is 2. The summed E-state index contributed by atoms with van der Waals surface area (Å²) in [6, 6.07) is 12.6. The molecule has 2 aromatic carbocycles. The molecule has 7 heteroatoms. The number of phenols is 1. The van der Waals surface area contributed by atoms with Gasteiger partial charge in [-0.2, -0.15) is 0 Å². The van der Waals surface area contributed by atoms with E-state index in [1.54, 1.807) is 24.3 Å². The molecule has 1 aliphatic heterocycles. The van der Waals surface area contributed by atoms with Crippen LogP contribution in [0.3, 0.4) is 0 Å². The van der Waals surface area contributed by atoms with Crippen LogP contribution in [0.15, 0.2) is 71.9 Å². The van der Waals surface area contributed by atoms with Gasteiger partial charge < -0.3 is 15.2 Å². The Bertz CT molecular complexity index is 965. The first-order valence-electron chi connectivity index (χ1n) is 10.1. The first-order chi connectivity index (χ1) is 15.0. The number of aliphatic imine (C=N–C) groups is 1. The predicted molar refractivity (Wildman–Crippen MR) is 125 cm³/mol. The molecular formula is C24H26ClN3O3. The van der Waals surface area contributed by atoms with Crippen molar-refractivity contribution in [3.63, 3.8) is 0 Å². The first kappa shape index (κ1) is 22.7. The number of nitrogens with one attached hydrogen (secondary N) is 1. The number of aromatic hydroxyl groups is 1. The van der Waals surface area contributed by atoms with Crippen molar-refractivity contribution < 1.29 is 14.6 Å². The zero-order valence-electron chi connectivity index (χ0n) is 17.3. The number of ether oxygens (including phenoxy) is 1. The third-order valence-electron chi connectivity index (χ3n) is 4.80. The normalized spacial score (nSPS) is 15.2. The van der Waals surface area contributed by atoms with Crippen LogP contribution in [0.2, 0.25) is 5.02 Å². The highest BCUT2D eigenvalue weighted by Gasteiger charge is 2.10. The van der Waals surface area contributed by atoms with E-state index >= 15 is 0 Å². The van der Waals surface area contributed by atoms with Crippen LogP contribution in [-0.2, 0) is 22.5 Å². The van der Waals surface area contributed by atoms with Crippen molar-refractivity contribution in [3.8, 4) is 5.75 Å². The van der Waals surface area contributed by atoms with Gasteiger partial charge in [0.15, 0.2) is 0 Å². The number of carbonyl (C=O) groups is 1. The SMILES string of the molecule is C=C/C=C(/Cc1cc(Cl)ccc1O)N=CC(=O)Nc1ccc(CN2CCOCC2)cc1. The van der Waals surface area contributed by atoms with Crippen molar-refractivity contribution in [2.24, 2.45) is 4.99 Å². The van der Waals surface area contributed by atoms with E-state index < -0.39 is 0 Å². The van der Waals surface area contributed by atoms with Crippen LogP contribution in [0.25, 0.3) is 0 Å². The second-order valence-corrected chi connectivity index (χ2v) is 7.61. The summed E-state index contributed by atoms with van der Waals surface area (Å²) in [6.45, 7) is 7.95. The second kappa shape index (κ2) is 11.5. The molecule has 1 heterocycles. The Morgan fingerprint density at radius 2 is 1.97 bits per heavy atom. The van der Waals surface area contributed by atoms with Gasteiger partial charge in [-0.15, -0.1) is 0 Å². The second-order valence-electron chi connectivity index (χ2n) is 7.18. The van der Waals surface area contributed by atoms with Gasteiger partial charge in [0.25, 0.3) is 5.91 Å². The Morgan fingerprint density at radius 3 is 2.68 bits per heavy atom. The monoisotopic (exact) mass is 439 g/mol. The summed E-state index contributed by atoms with van der Waals surface area (Å²) >= 11 is 6.00. The van der Waals surface area contributed by atoms with E-state index in [2.05, 4.69) is 21.8 Å². The van der Waals surface area contributed by atoms with Gasteiger partial charge in [0.1, 0.15) is 5.75 Å². The molecule has 1 amide bonds. The van der Waals surface area contributed by atoms with Crippen molar-refractivity contribution in [1.29, 1.82) is 0 Å². The third-order valence-corrected chi connectivity index (χ3v) is 5.04. The average molecular weight is 440 g/mol. The molecule has 1 fully saturated rings. The molecular weight excluding hydrogens is 414 g/mol. The molecule has 162 valence electrons. The van der Waals surface area contributed by atoms with Crippen molar-refractivity contribution in [2.45, 2.75) is 13.0 Å². The zero-order chi connectivity index (χ0) is 22.1. The number of allylic oxidation sites excluding steroid dienone is 3. The highest BCUT2D eigenvalue weighted by Crippen LogP contribution is 2.24. The Kier molecular flexibility index (Phi) is 8.41. The number of amides is 1. The van der Waals surface area contributed by atoms with Crippen LogP contribution in [-0.4, -0.2) is 48.4 Å². The number of benzene rings is 2. The number of halogens is 1. The molecule has 0 aromatic heterocycles. The molecule has 0 spiro atoms. The fourth-order valence-corrected chi connectivity index (χ4v) is 3.40. The topological polar surface area (TPSA) is 74.2 Å². The number of phenolic OH excluding ortho intramolecular Hbond substituents is 1. The summed E-state index contributed by atoms with van der Waals surface area (Å²) in [6.07, 6.45) is 4.81. The quantitative estimate of drug-likeness (QED) is 0.477. The molecule has 31 heavy (non-hydrogen) atoms. The fourth-order valence-electron chi connectivity index (χ4n) is 3.20. The van der Waals surface area contributed by atoms with Gasteiger partial charge in [-0.05, 0) is 42.0 Å². The lowest BCUT2D eigenvalue weighted by molar-refractivity contribution is -0.110. The van der Waals surface area contributed by atoms with E-state index in [1.807, 2.05) is 24.3 Å². The lowest BCUT2D eigenvalue weighted by Gasteiger charge is -2.26. The van der Waals surface area contributed by atoms with Crippen molar-refractivity contribution in [1.82, 2.24) is 4.90 Å². The number of carbonyl (C=O) groups excluding carboxylic acids is 1. The molecule has 1 aliphatic rings. The molecule has 6 nitrogen and oxygen atoms in total. The maximum absolute atomic E-state index is 12.3. The molecule has 0 saturated carbocycles. The van der Waals surface area contributed by atoms with E-state index in [0.717, 1.165) is 32.8 Å². The summed E-state index contributed by atoms with van der Waals surface area (Å²) in [7, 11) is 0. The average Bonchev–Trinajstić information content (AvgIpc) is 2.77. The minimum atomic E-state index is -0.341. The van der Waals surface area contributed by atoms with Crippen LogP contribution in [0.1, 0.15) is 11.1 Å².